The Balaban J connectivity index is 2.37. The van der Waals surface area contributed by atoms with Gasteiger partial charge in [0.1, 0.15) is 6.29 Å². The van der Waals surface area contributed by atoms with Crippen LogP contribution in [0.1, 0.15) is 44.6 Å². The van der Waals surface area contributed by atoms with E-state index in [2.05, 4.69) is 19.1 Å². The highest BCUT2D eigenvalue weighted by molar-refractivity contribution is 5.64. The van der Waals surface area contributed by atoms with Crippen LogP contribution in [0.25, 0.3) is 0 Å². The van der Waals surface area contributed by atoms with Gasteiger partial charge in [-0.2, -0.15) is 0 Å². The van der Waals surface area contributed by atoms with Crippen LogP contribution in [0.5, 0.6) is 0 Å². The molecule has 1 aromatic carbocycles. The molecule has 0 N–H and O–H groups in total. The molecule has 0 spiro atoms. The van der Waals surface area contributed by atoms with Crippen LogP contribution in [0.4, 0.5) is 0 Å². The van der Waals surface area contributed by atoms with Gasteiger partial charge in [-0.3, -0.25) is 4.79 Å². The van der Waals surface area contributed by atoms with E-state index in [-0.39, 0.29) is 6.10 Å². The van der Waals surface area contributed by atoms with Gasteiger partial charge in [-0.05, 0) is 30.9 Å². The molecule has 1 atom stereocenters. The topological polar surface area (TPSA) is 26.3 Å². The molecule has 114 valence electrons. The second-order valence-corrected chi connectivity index (χ2v) is 5.06. The molecular weight excluding hydrogens is 260 g/mol. The monoisotopic (exact) mass is 286 g/mol. The predicted molar refractivity (Wildman–Crippen MR) is 88.1 cm³/mol. The molecule has 0 aliphatic heterocycles. The first-order valence-corrected chi connectivity index (χ1v) is 7.79. The Labute approximate surface area is 128 Å². The number of benzene rings is 1. The fourth-order valence-electron chi connectivity index (χ4n) is 2.01. The molecule has 2 nitrogen and oxygen atoms in total. The molecule has 0 aliphatic rings. The van der Waals surface area contributed by atoms with Gasteiger partial charge < -0.3 is 4.74 Å². The van der Waals surface area contributed by atoms with Crippen molar-refractivity contribution in [3.8, 4) is 0 Å². The number of hydrogen-bond donors (Lipinski definition) is 0. The lowest BCUT2D eigenvalue weighted by atomic mass is 10.1. The fraction of sp³-hybridized carbons (Fsp3) is 0.421. The van der Waals surface area contributed by atoms with Crippen molar-refractivity contribution in [2.45, 2.75) is 51.7 Å². The zero-order valence-electron chi connectivity index (χ0n) is 12.9. The van der Waals surface area contributed by atoms with Gasteiger partial charge in [-0.25, -0.2) is 0 Å². The van der Waals surface area contributed by atoms with Gasteiger partial charge >= 0.3 is 0 Å². The summed E-state index contributed by atoms with van der Waals surface area (Å²) in [6.07, 6.45) is 14.2. The van der Waals surface area contributed by atoms with E-state index in [1.54, 1.807) is 0 Å². The number of allylic oxidation sites excluding steroid dienone is 2. The van der Waals surface area contributed by atoms with Crippen molar-refractivity contribution >= 4 is 6.29 Å². The molecule has 0 aromatic heterocycles. The first-order chi connectivity index (χ1) is 10.4. The van der Waals surface area contributed by atoms with Crippen LogP contribution in [-0.4, -0.2) is 12.4 Å². The molecule has 0 unspecified atom stereocenters. The summed E-state index contributed by atoms with van der Waals surface area (Å²) >= 11 is 0. The largest absolute Gasteiger partial charge is 0.369 e. The summed E-state index contributed by atoms with van der Waals surface area (Å²) in [6, 6.07) is 10.1. The van der Waals surface area contributed by atoms with Crippen molar-refractivity contribution in [2.75, 3.05) is 0 Å². The molecule has 21 heavy (non-hydrogen) atoms. The minimum absolute atomic E-state index is 0.0437. The third-order valence-electron chi connectivity index (χ3n) is 3.22. The zero-order valence-corrected chi connectivity index (χ0v) is 12.9. The summed E-state index contributed by atoms with van der Waals surface area (Å²) in [5.74, 6) is 0. The van der Waals surface area contributed by atoms with Crippen LogP contribution in [0.2, 0.25) is 0 Å². The SMILES string of the molecule is CCCCC/C=C\C[C@@H](/C=C/C=O)OCc1ccccc1. The highest BCUT2D eigenvalue weighted by Crippen LogP contribution is 2.09. The Morgan fingerprint density at radius 1 is 1.14 bits per heavy atom. The summed E-state index contributed by atoms with van der Waals surface area (Å²) in [6.45, 7) is 2.78. The first-order valence-electron chi connectivity index (χ1n) is 7.79. The maximum Gasteiger partial charge on any atom is 0.142 e. The van der Waals surface area contributed by atoms with E-state index in [9.17, 15) is 4.79 Å². The van der Waals surface area contributed by atoms with E-state index < -0.39 is 0 Å². The molecule has 0 radical (unpaired) electrons. The van der Waals surface area contributed by atoms with Gasteiger partial charge in [0, 0.05) is 0 Å². The number of carbonyl (C=O) groups excluding carboxylic acids is 1. The van der Waals surface area contributed by atoms with Crippen molar-refractivity contribution < 1.29 is 9.53 Å². The highest BCUT2D eigenvalue weighted by Gasteiger charge is 2.03. The Bertz CT molecular complexity index is 420. The summed E-state index contributed by atoms with van der Waals surface area (Å²) in [5.41, 5.74) is 1.15. The lowest BCUT2D eigenvalue weighted by Gasteiger charge is -2.12. The van der Waals surface area contributed by atoms with E-state index in [1.807, 2.05) is 36.4 Å². The minimum Gasteiger partial charge on any atom is -0.369 e. The van der Waals surface area contributed by atoms with Gasteiger partial charge in [0.05, 0.1) is 12.7 Å². The average Bonchev–Trinajstić information content (AvgIpc) is 2.53. The molecule has 0 aliphatic carbocycles. The second-order valence-electron chi connectivity index (χ2n) is 5.06. The van der Waals surface area contributed by atoms with Crippen molar-refractivity contribution in [2.24, 2.45) is 0 Å². The number of carbonyl (C=O) groups is 1. The van der Waals surface area contributed by atoms with Gasteiger partial charge in [-0.1, -0.05) is 68.3 Å². The molecule has 1 aromatic rings. The number of rotatable bonds is 11. The lowest BCUT2D eigenvalue weighted by molar-refractivity contribution is -0.104. The molecule has 0 amide bonds. The third kappa shape index (κ3) is 8.98. The smallest absolute Gasteiger partial charge is 0.142 e. The fourth-order valence-corrected chi connectivity index (χ4v) is 2.01. The van der Waals surface area contributed by atoms with Crippen LogP contribution in [0, 0.1) is 0 Å². The first kappa shape index (κ1) is 17.4. The molecule has 0 bridgehead atoms. The number of unbranched alkanes of at least 4 members (excludes halogenated alkanes) is 3. The molecule has 0 fully saturated rings. The van der Waals surface area contributed by atoms with E-state index in [4.69, 9.17) is 4.74 Å². The second kappa shape index (κ2) is 12.1. The zero-order chi connectivity index (χ0) is 15.2. The molecule has 0 saturated heterocycles. The highest BCUT2D eigenvalue weighted by atomic mass is 16.5. The molecular formula is C19H26O2. The quantitative estimate of drug-likeness (QED) is 0.251. The molecule has 0 heterocycles. The third-order valence-corrected chi connectivity index (χ3v) is 3.22. The van der Waals surface area contributed by atoms with Gasteiger partial charge in [0.15, 0.2) is 0 Å². The standard InChI is InChI=1S/C19H26O2/c1-2-3-4-5-6-10-14-19(15-11-16-20)21-17-18-12-8-7-9-13-18/h6-13,15-16,19H,2-5,14,17H2,1H3/b10-6-,15-11+/t19-/m0/s1. The van der Waals surface area contributed by atoms with Crippen molar-refractivity contribution in [3.63, 3.8) is 0 Å². The summed E-state index contributed by atoms with van der Waals surface area (Å²) < 4.78 is 5.86. The number of ether oxygens (including phenoxy) is 1. The van der Waals surface area contributed by atoms with Gasteiger partial charge in [-0.15, -0.1) is 0 Å². The Morgan fingerprint density at radius 3 is 2.67 bits per heavy atom. The molecule has 2 heteroatoms. The average molecular weight is 286 g/mol. The van der Waals surface area contributed by atoms with Crippen LogP contribution < -0.4 is 0 Å². The molecule has 0 saturated carbocycles. The summed E-state index contributed by atoms with van der Waals surface area (Å²) in [7, 11) is 0. The lowest BCUT2D eigenvalue weighted by Crippen LogP contribution is -2.08. The normalized spacial score (nSPS) is 13.0. The maximum absolute atomic E-state index is 10.5. The van der Waals surface area contributed by atoms with Crippen molar-refractivity contribution in [3.05, 3.63) is 60.2 Å². The maximum atomic E-state index is 10.5. The van der Waals surface area contributed by atoms with Crippen LogP contribution in [0.3, 0.4) is 0 Å². The van der Waals surface area contributed by atoms with Crippen molar-refractivity contribution in [1.82, 2.24) is 0 Å². The molecule has 1 rings (SSSR count). The van der Waals surface area contributed by atoms with E-state index in [1.165, 1.54) is 25.3 Å². The van der Waals surface area contributed by atoms with Crippen LogP contribution >= 0.6 is 0 Å². The van der Waals surface area contributed by atoms with Crippen LogP contribution in [-0.2, 0) is 16.1 Å². The predicted octanol–water partition coefficient (Wildman–Crippen LogP) is 4.85. The minimum atomic E-state index is -0.0437. The Kier molecular flexibility index (Phi) is 10.0. The Hall–Kier alpha value is -1.67. The number of hydrogen-bond acceptors (Lipinski definition) is 2. The van der Waals surface area contributed by atoms with Crippen molar-refractivity contribution in [1.29, 1.82) is 0 Å². The summed E-state index contributed by atoms with van der Waals surface area (Å²) in [4.78, 5) is 10.5. The van der Waals surface area contributed by atoms with Crippen LogP contribution in [0.15, 0.2) is 54.6 Å². The van der Waals surface area contributed by atoms with E-state index in [0.717, 1.165) is 24.7 Å². The number of aldehydes is 1. The van der Waals surface area contributed by atoms with E-state index in [0.29, 0.717) is 6.61 Å². The Morgan fingerprint density at radius 2 is 1.95 bits per heavy atom. The van der Waals surface area contributed by atoms with Gasteiger partial charge in [0.25, 0.3) is 0 Å². The summed E-state index contributed by atoms with van der Waals surface area (Å²) in [5, 5.41) is 0. The van der Waals surface area contributed by atoms with E-state index >= 15 is 0 Å². The van der Waals surface area contributed by atoms with Gasteiger partial charge in [0.2, 0.25) is 0 Å².